The van der Waals surface area contributed by atoms with Crippen molar-refractivity contribution >= 4 is 16.2 Å². The summed E-state index contributed by atoms with van der Waals surface area (Å²) in [5.74, 6) is -6.46. The molecule has 3 rings (SSSR count). The summed E-state index contributed by atoms with van der Waals surface area (Å²) in [5.41, 5.74) is -0.424. The van der Waals surface area contributed by atoms with Crippen LogP contribution in [0.25, 0.3) is 11.1 Å². The molecule has 1 N–H and O–H groups in total. The number of likely N-dealkylation sites (tertiary alicyclic amines) is 1. The lowest BCUT2D eigenvalue weighted by Crippen LogP contribution is -2.55. The van der Waals surface area contributed by atoms with Crippen molar-refractivity contribution in [3.63, 3.8) is 0 Å². The van der Waals surface area contributed by atoms with Crippen LogP contribution in [0.4, 0.5) is 26.7 Å². The Morgan fingerprint density at radius 3 is 2.23 bits per heavy atom. The van der Waals surface area contributed by atoms with Crippen molar-refractivity contribution in [3.8, 4) is 11.1 Å². The van der Waals surface area contributed by atoms with Crippen LogP contribution in [0.2, 0.25) is 0 Å². The molecule has 2 aromatic rings. The lowest BCUT2D eigenvalue weighted by atomic mass is 9.95. The van der Waals surface area contributed by atoms with Gasteiger partial charge >= 0.3 is 6.03 Å². The van der Waals surface area contributed by atoms with E-state index < -0.39 is 64.7 Å². The molecule has 0 saturated carbocycles. The van der Waals surface area contributed by atoms with E-state index in [4.69, 9.17) is 0 Å². The monoisotopic (exact) mass is 520 g/mol. The molecule has 1 saturated heterocycles. The first-order chi connectivity index (χ1) is 16.1. The van der Waals surface area contributed by atoms with Crippen LogP contribution >= 0.6 is 0 Å². The summed E-state index contributed by atoms with van der Waals surface area (Å²) < 4.78 is 100. The number of carbonyl (C=O) groups excluding carboxylic acids is 1. The van der Waals surface area contributed by atoms with Crippen molar-refractivity contribution < 1.29 is 35.2 Å². The lowest BCUT2D eigenvalue weighted by Gasteiger charge is -2.31. The smallest absolute Gasteiger partial charge is 0.320 e. The van der Waals surface area contributed by atoms with Crippen molar-refractivity contribution in [1.82, 2.24) is 18.8 Å². The van der Waals surface area contributed by atoms with E-state index in [1.165, 1.54) is 32.3 Å². The molecule has 0 radical (unpaired) electrons. The number of alkyl halides is 2. The zero-order valence-electron chi connectivity index (χ0n) is 19.4. The molecule has 192 valence electrons. The maximum Gasteiger partial charge on any atom is 0.320 e. The Hall–Kier alpha value is -2.77. The Balaban J connectivity index is 2.07. The number of rotatable bonds is 6. The van der Waals surface area contributed by atoms with Crippen molar-refractivity contribution in [1.29, 1.82) is 0 Å². The van der Waals surface area contributed by atoms with Crippen molar-refractivity contribution in [2.24, 2.45) is 0 Å². The van der Waals surface area contributed by atoms with E-state index in [-0.39, 0.29) is 16.7 Å². The van der Waals surface area contributed by atoms with Gasteiger partial charge in [0.1, 0.15) is 23.5 Å². The minimum absolute atomic E-state index is 0.107. The third-order valence-corrected chi connectivity index (χ3v) is 7.20. The van der Waals surface area contributed by atoms with Gasteiger partial charge in [0.15, 0.2) is 0 Å². The summed E-state index contributed by atoms with van der Waals surface area (Å²) in [5, 5.41) is 0. The number of amides is 2. The second kappa shape index (κ2) is 9.70. The summed E-state index contributed by atoms with van der Waals surface area (Å²) in [4.78, 5) is 14.5. The molecule has 2 aromatic carbocycles. The number of hydrogen-bond donors (Lipinski definition) is 1. The summed E-state index contributed by atoms with van der Waals surface area (Å²) >= 11 is 0. The molecule has 0 aliphatic carbocycles. The Kier molecular flexibility index (Phi) is 7.44. The van der Waals surface area contributed by atoms with Crippen LogP contribution in [0.15, 0.2) is 36.4 Å². The maximum atomic E-state index is 15.5. The van der Waals surface area contributed by atoms with E-state index in [9.17, 15) is 22.0 Å². The Labute approximate surface area is 200 Å². The SMILES string of the molecule is CN(C)C(=O)N1CC(F)(F)[C@H](NS(=O)(=O)N(C)C)[C@@H]1Cc1cccc(-c2cc(F)cc(F)c2)c1F. The van der Waals surface area contributed by atoms with Crippen LogP contribution in [0, 0.1) is 17.5 Å². The van der Waals surface area contributed by atoms with Gasteiger partial charge in [0.2, 0.25) is 0 Å². The van der Waals surface area contributed by atoms with E-state index in [1.54, 1.807) is 0 Å². The molecule has 1 heterocycles. The van der Waals surface area contributed by atoms with Crippen LogP contribution in [0.3, 0.4) is 0 Å². The average molecular weight is 521 g/mol. The van der Waals surface area contributed by atoms with Crippen LogP contribution in [0.5, 0.6) is 0 Å². The first kappa shape index (κ1) is 26.8. The van der Waals surface area contributed by atoms with Gasteiger partial charge in [-0.2, -0.15) is 17.4 Å². The Morgan fingerprint density at radius 1 is 1.09 bits per heavy atom. The molecule has 13 heteroatoms. The van der Waals surface area contributed by atoms with Crippen molar-refractivity contribution in [3.05, 3.63) is 59.4 Å². The van der Waals surface area contributed by atoms with E-state index in [0.29, 0.717) is 10.4 Å². The van der Waals surface area contributed by atoms with Gasteiger partial charge in [0.25, 0.3) is 16.1 Å². The van der Waals surface area contributed by atoms with Gasteiger partial charge in [0.05, 0.1) is 12.6 Å². The molecule has 2 amide bonds. The van der Waals surface area contributed by atoms with Crippen molar-refractivity contribution in [2.45, 2.75) is 24.4 Å². The van der Waals surface area contributed by atoms with Crippen LogP contribution in [-0.2, 0) is 16.6 Å². The highest BCUT2D eigenvalue weighted by atomic mass is 32.2. The molecule has 35 heavy (non-hydrogen) atoms. The number of carbonyl (C=O) groups is 1. The number of benzene rings is 2. The molecule has 1 fully saturated rings. The third kappa shape index (κ3) is 5.57. The average Bonchev–Trinajstić information content (AvgIpc) is 2.97. The van der Waals surface area contributed by atoms with Crippen LogP contribution < -0.4 is 4.72 Å². The van der Waals surface area contributed by atoms with E-state index in [0.717, 1.165) is 36.0 Å². The molecule has 1 aliphatic rings. The van der Waals surface area contributed by atoms with Gasteiger partial charge in [-0.1, -0.05) is 18.2 Å². The number of nitrogens with zero attached hydrogens (tertiary/aromatic N) is 3. The van der Waals surface area contributed by atoms with Crippen molar-refractivity contribution in [2.75, 3.05) is 34.7 Å². The molecular formula is C22H25F5N4O3S. The van der Waals surface area contributed by atoms with E-state index >= 15 is 13.2 Å². The Morgan fingerprint density at radius 2 is 1.69 bits per heavy atom. The largest absolute Gasteiger partial charge is 0.331 e. The first-order valence-corrected chi connectivity index (χ1v) is 11.9. The molecule has 7 nitrogen and oxygen atoms in total. The normalized spacial score (nSPS) is 19.9. The fraction of sp³-hybridized carbons (Fsp3) is 0.409. The fourth-order valence-electron chi connectivity index (χ4n) is 3.92. The van der Waals surface area contributed by atoms with E-state index in [1.807, 2.05) is 4.72 Å². The van der Waals surface area contributed by atoms with Crippen LogP contribution in [0.1, 0.15) is 5.56 Å². The first-order valence-electron chi connectivity index (χ1n) is 10.4. The van der Waals surface area contributed by atoms with E-state index in [2.05, 4.69) is 0 Å². The second-order valence-electron chi connectivity index (χ2n) is 8.66. The number of hydrogen-bond acceptors (Lipinski definition) is 3. The van der Waals surface area contributed by atoms with Crippen LogP contribution in [-0.4, -0.2) is 81.3 Å². The second-order valence-corrected chi connectivity index (χ2v) is 10.6. The van der Waals surface area contributed by atoms with Gasteiger partial charge in [-0.3, -0.25) is 0 Å². The quantitative estimate of drug-likeness (QED) is 0.596. The summed E-state index contributed by atoms with van der Waals surface area (Å²) in [6.45, 7) is -1.09. The summed E-state index contributed by atoms with van der Waals surface area (Å²) in [6.07, 6.45) is -0.493. The van der Waals surface area contributed by atoms with Gasteiger partial charge < -0.3 is 9.80 Å². The maximum absolute atomic E-state index is 15.5. The number of halogens is 5. The lowest BCUT2D eigenvalue weighted by molar-refractivity contribution is -0.00530. The molecule has 1 aliphatic heterocycles. The minimum atomic E-state index is -4.34. The fourth-order valence-corrected chi connectivity index (χ4v) is 4.79. The highest BCUT2D eigenvalue weighted by molar-refractivity contribution is 7.87. The highest BCUT2D eigenvalue weighted by Crippen LogP contribution is 2.37. The Bertz CT molecular complexity index is 1200. The number of nitrogens with one attached hydrogen (secondary N) is 1. The van der Waals surface area contributed by atoms with Gasteiger partial charge in [-0.25, -0.2) is 26.7 Å². The molecule has 0 spiro atoms. The number of urea groups is 1. The third-order valence-electron chi connectivity index (χ3n) is 5.69. The summed E-state index contributed by atoms with van der Waals surface area (Å²) in [7, 11) is 0.635. The standard InChI is InChI=1S/C22H25F5N4O3S/c1-29(2)21(32)31-12-22(26,27)20(28-35(33,34)30(3)4)18(31)10-13-6-5-7-17(19(13)25)14-8-15(23)11-16(24)9-14/h5-9,11,18,20,28H,10,12H2,1-4H3/t18-,20+/m0/s1. The molecule has 0 unspecified atom stereocenters. The molecule has 0 bridgehead atoms. The summed E-state index contributed by atoms with van der Waals surface area (Å²) in [6, 6.07) is 2.04. The van der Waals surface area contributed by atoms with Gasteiger partial charge in [-0.05, 0) is 29.7 Å². The van der Waals surface area contributed by atoms with Gasteiger partial charge in [-0.15, -0.1) is 0 Å². The zero-order valence-corrected chi connectivity index (χ0v) is 20.2. The van der Waals surface area contributed by atoms with Gasteiger partial charge in [0, 0.05) is 39.8 Å². The zero-order chi connectivity index (χ0) is 26.3. The molecule has 2 atom stereocenters. The molecule has 0 aromatic heterocycles. The molecular weight excluding hydrogens is 495 g/mol. The predicted octanol–water partition coefficient (Wildman–Crippen LogP) is 3.08. The minimum Gasteiger partial charge on any atom is -0.331 e. The topological polar surface area (TPSA) is 73.0 Å². The predicted molar refractivity (Wildman–Crippen MR) is 120 cm³/mol. The highest BCUT2D eigenvalue weighted by Gasteiger charge is 2.57.